The average Bonchev–Trinajstić information content (AvgIpc) is 2.95. The van der Waals surface area contributed by atoms with Gasteiger partial charge in [0, 0.05) is 11.0 Å². The molecule has 0 amide bonds. The maximum atomic E-state index is 14.2. The molecular formula is C26H31FO2. The van der Waals surface area contributed by atoms with Gasteiger partial charge in [-0.25, -0.2) is 4.39 Å². The zero-order valence-corrected chi connectivity index (χ0v) is 17.5. The van der Waals surface area contributed by atoms with Crippen LogP contribution in [-0.2, 0) is 4.79 Å². The largest absolute Gasteiger partial charge is 0.393 e. The van der Waals surface area contributed by atoms with Crippen molar-refractivity contribution in [3.63, 3.8) is 0 Å². The van der Waals surface area contributed by atoms with Gasteiger partial charge in [-0.15, -0.1) is 0 Å². The monoisotopic (exact) mass is 394 g/mol. The Morgan fingerprint density at radius 3 is 2.62 bits per heavy atom. The smallest absolute Gasteiger partial charge is 0.165 e. The van der Waals surface area contributed by atoms with E-state index in [2.05, 4.69) is 19.9 Å². The van der Waals surface area contributed by atoms with Crippen LogP contribution in [0.4, 0.5) is 4.39 Å². The number of rotatable bonds is 1. The first kappa shape index (κ1) is 19.2. The average molecular weight is 395 g/mol. The zero-order chi connectivity index (χ0) is 20.4. The number of hydrogen-bond donors (Lipinski definition) is 1. The van der Waals surface area contributed by atoms with Gasteiger partial charge in [0.05, 0.1) is 6.10 Å². The Kier molecular flexibility index (Phi) is 4.40. The number of Topliss-reactive ketones (excluding diaryl/α,β-unsaturated/α-hetero) is 1. The van der Waals surface area contributed by atoms with Crippen molar-refractivity contribution in [3.05, 3.63) is 52.9 Å². The van der Waals surface area contributed by atoms with Crippen molar-refractivity contribution in [2.24, 2.45) is 28.6 Å². The molecule has 0 spiro atoms. The highest BCUT2D eigenvalue weighted by molar-refractivity contribution is 6.06. The summed E-state index contributed by atoms with van der Waals surface area (Å²) in [4.78, 5) is 13.4. The molecule has 1 aromatic rings. The number of fused-ring (bicyclic) bond motifs is 5. The van der Waals surface area contributed by atoms with E-state index >= 15 is 0 Å². The number of benzene rings is 1. The van der Waals surface area contributed by atoms with E-state index in [0.717, 1.165) is 50.5 Å². The van der Waals surface area contributed by atoms with Crippen LogP contribution in [-0.4, -0.2) is 17.0 Å². The van der Waals surface area contributed by atoms with Crippen LogP contribution in [0.2, 0.25) is 0 Å². The number of hydrogen-bond acceptors (Lipinski definition) is 2. The highest BCUT2D eigenvalue weighted by Crippen LogP contribution is 2.64. The van der Waals surface area contributed by atoms with Crippen LogP contribution in [0.3, 0.4) is 0 Å². The number of carbonyl (C=O) groups is 1. The van der Waals surface area contributed by atoms with Crippen molar-refractivity contribution in [2.45, 2.75) is 64.9 Å². The van der Waals surface area contributed by atoms with Crippen LogP contribution in [0.15, 0.2) is 41.5 Å². The normalized spacial score (nSPS) is 42.8. The minimum atomic E-state index is -0.311. The third-order valence-electron chi connectivity index (χ3n) is 8.95. The van der Waals surface area contributed by atoms with E-state index in [1.165, 1.54) is 11.6 Å². The molecule has 3 saturated carbocycles. The summed E-state index contributed by atoms with van der Waals surface area (Å²) < 4.78 is 14.2. The fourth-order valence-corrected chi connectivity index (χ4v) is 7.22. The lowest BCUT2D eigenvalue weighted by atomic mass is 9.48. The Hall–Kier alpha value is -1.74. The highest BCUT2D eigenvalue weighted by atomic mass is 19.1. The molecule has 0 unspecified atom stereocenters. The molecule has 5 rings (SSSR count). The van der Waals surface area contributed by atoms with E-state index in [1.807, 2.05) is 6.07 Å². The van der Waals surface area contributed by atoms with Gasteiger partial charge in [-0.3, -0.25) is 4.79 Å². The van der Waals surface area contributed by atoms with E-state index in [9.17, 15) is 14.3 Å². The number of aliphatic hydroxyl groups is 1. The molecule has 0 radical (unpaired) electrons. The Morgan fingerprint density at radius 1 is 1.07 bits per heavy atom. The molecule has 0 bridgehead atoms. The lowest BCUT2D eigenvalue weighted by molar-refractivity contribution is -0.130. The van der Waals surface area contributed by atoms with E-state index in [1.54, 1.807) is 18.2 Å². The molecule has 2 nitrogen and oxygen atoms in total. The summed E-state index contributed by atoms with van der Waals surface area (Å²) in [6.45, 7) is 4.56. The van der Waals surface area contributed by atoms with Crippen LogP contribution in [0, 0.1) is 34.4 Å². The molecule has 0 heterocycles. The second-order valence-electron chi connectivity index (χ2n) is 10.3. The Balaban J connectivity index is 1.49. The zero-order valence-electron chi connectivity index (χ0n) is 17.5. The summed E-state index contributed by atoms with van der Waals surface area (Å²) in [7, 11) is 0. The van der Waals surface area contributed by atoms with Crippen LogP contribution in [0.25, 0.3) is 6.08 Å². The molecule has 6 atom stereocenters. The van der Waals surface area contributed by atoms with Gasteiger partial charge in [0.1, 0.15) is 5.82 Å². The second-order valence-corrected chi connectivity index (χ2v) is 10.3. The van der Waals surface area contributed by atoms with Crippen LogP contribution in [0.1, 0.15) is 64.4 Å². The van der Waals surface area contributed by atoms with Crippen molar-refractivity contribution < 1.29 is 14.3 Å². The third kappa shape index (κ3) is 2.80. The molecule has 0 aromatic heterocycles. The lowest BCUT2D eigenvalue weighted by Gasteiger charge is -2.56. The van der Waals surface area contributed by atoms with Crippen molar-refractivity contribution >= 4 is 11.9 Å². The summed E-state index contributed by atoms with van der Waals surface area (Å²) in [5, 5.41) is 10.2. The molecule has 0 aliphatic heterocycles. The van der Waals surface area contributed by atoms with Crippen LogP contribution < -0.4 is 0 Å². The first-order valence-electron chi connectivity index (χ1n) is 11.2. The van der Waals surface area contributed by atoms with Crippen LogP contribution >= 0.6 is 0 Å². The third-order valence-corrected chi connectivity index (χ3v) is 8.95. The molecule has 29 heavy (non-hydrogen) atoms. The number of aliphatic hydroxyl groups excluding tert-OH is 1. The first-order valence-corrected chi connectivity index (χ1v) is 11.2. The summed E-state index contributed by atoms with van der Waals surface area (Å²) >= 11 is 0. The fourth-order valence-electron chi connectivity index (χ4n) is 7.22. The minimum Gasteiger partial charge on any atom is -0.393 e. The number of allylic oxidation sites excluding steroid dienone is 2. The van der Waals surface area contributed by atoms with Crippen molar-refractivity contribution in [2.75, 3.05) is 0 Å². The molecule has 4 aliphatic carbocycles. The number of ketones is 1. The van der Waals surface area contributed by atoms with E-state index < -0.39 is 0 Å². The summed E-state index contributed by atoms with van der Waals surface area (Å²) in [6, 6.07) is 6.73. The van der Waals surface area contributed by atoms with Crippen molar-refractivity contribution in [1.29, 1.82) is 0 Å². The van der Waals surface area contributed by atoms with E-state index in [-0.39, 0.29) is 28.5 Å². The maximum absolute atomic E-state index is 14.2. The Morgan fingerprint density at radius 2 is 1.83 bits per heavy atom. The predicted molar refractivity (Wildman–Crippen MR) is 112 cm³/mol. The molecule has 3 heteroatoms. The first-order chi connectivity index (χ1) is 13.8. The quantitative estimate of drug-likeness (QED) is 0.489. The van der Waals surface area contributed by atoms with Gasteiger partial charge in [0.2, 0.25) is 0 Å². The SMILES string of the molecule is C[C@@]12CC[C@H]3[C@@H](CC=C4C[C@H](O)CC[C@@]43C)[C@H]1CC(=Cc1ccccc1F)C2=O. The molecule has 1 N–H and O–H groups in total. The van der Waals surface area contributed by atoms with E-state index in [4.69, 9.17) is 0 Å². The minimum absolute atomic E-state index is 0.171. The maximum Gasteiger partial charge on any atom is 0.165 e. The van der Waals surface area contributed by atoms with E-state index in [0.29, 0.717) is 23.3 Å². The van der Waals surface area contributed by atoms with Gasteiger partial charge in [0.25, 0.3) is 0 Å². The topological polar surface area (TPSA) is 37.3 Å². The molecule has 3 fully saturated rings. The molecular weight excluding hydrogens is 363 g/mol. The second kappa shape index (κ2) is 6.63. The fraction of sp³-hybridized carbons (Fsp3) is 0.577. The summed E-state index contributed by atoms with van der Waals surface area (Å²) in [5.74, 6) is 1.42. The summed E-state index contributed by atoms with van der Waals surface area (Å²) in [5.41, 5.74) is 2.64. The molecule has 1 aromatic carbocycles. The predicted octanol–water partition coefficient (Wildman–Crippen LogP) is 5.71. The highest BCUT2D eigenvalue weighted by Gasteiger charge is 2.59. The Bertz CT molecular complexity index is 915. The molecule has 154 valence electrons. The number of carbonyl (C=O) groups excluding carboxylic acids is 1. The summed E-state index contributed by atoms with van der Waals surface area (Å²) in [6.07, 6.45) is 10.6. The van der Waals surface area contributed by atoms with Crippen molar-refractivity contribution in [3.8, 4) is 0 Å². The van der Waals surface area contributed by atoms with Gasteiger partial charge in [-0.1, -0.05) is 43.7 Å². The van der Waals surface area contributed by atoms with Gasteiger partial charge >= 0.3 is 0 Å². The van der Waals surface area contributed by atoms with Gasteiger partial charge < -0.3 is 5.11 Å². The molecule has 4 aliphatic rings. The molecule has 0 saturated heterocycles. The van der Waals surface area contributed by atoms with Gasteiger partial charge in [-0.2, -0.15) is 0 Å². The lowest BCUT2D eigenvalue weighted by Crippen LogP contribution is -2.50. The van der Waals surface area contributed by atoms with Gasteiger partial charge in [-0.05, 0) is 85.8 Å². The van der Waals surface area contributed by atoms with Crippen molar-refractivity contribution in [1.82, 2.24) is 0 Å². The Labute approximate surface area is 172 Å². The van der Waals surface area contributed by atoms with Crippen LogP contribution in [0.5, 0.6) is 0 Å². The standard InChI is InChI=1S/C26H31FO2/c1-25-11-9-19(28)15-18(25)7-8-20-21(25)10-12-26(2)22(20)14-17(24(26)29)13-16-5-3-4-6-23(16)27/h3-7,13,19-22,28H,8-12,14-15H2,1-2H3/t19-,20-,21+,22-,25+,26-/m1/s1. The van der Waals surface area contributed by atoms with Gasteiger partial charge in [0.15, 0.2) is 5.78 Å². The number of halogens is 1.